The molecule has 0 saturated heterocycles. The first-order valence-electron chi connectivity index (χ1n) is 6.65. The minimum Gasteiger partial charge on any atom is -0.483 e. The summed E-state index contributed by atoms with van der Waals surface area (Å²) in [5, 5.41) is 13.6. The van der Waals surface area contributed by atoms with Crippen molar-refractivity contribution in [1.29, 1.82) is 0 Å². The van der Waals surface area contributed by atoms with Crippen LogP contribution in [-0.4, -0.2) is 29.6 Å². The molecule has 0 heterocycles. The van der Waals surface area contributed by atoms with E-state index < -0.39 is 5.97 Å². The van der Waals surface area contributed by atoms with E-state index in [1.165, 1.54) is 0 Å². The Hall–Kier alpha value is -2.56. The summed E-state index contributed by atoms with van der Waals surface area (Å²) in [6.07, 6.45) is 0. The van der Waals surface area contributed by atoms with E-state index in [4.69, 9.17) is 4.74 Å². The molecule has 0 aliphatic rings. The number of carboxylic acid groups (broad SMARTS) is 1. The van der Waals surface area contributed by atoms with Crippen LogP contribution in [0.1, 0.15) is 24.2 Å². The maximum absolute atomic E-state index is 11.6. The highest BCUT2D eigenvalue weighted by Crippen LogP contribution is 2.26. The van der Waals surface area contributed by atoms with Crippen LogP contribution >= 0.6 is 0 Å². The number of fused-ring (bicyclic) bond motifs is 1. The molecular formula is C16H17NO4. The number of benzene rings is 2. The van der Waals surface area contributed by atoms with Gasteiger partial charge in [-0.25, -0.2) is 4.79 Å². The van der Waals surface area contributed by atoms with Gasteiger partial charge in [0.15, 0.2) is 6.61 Å². The third-order valence-corrected chi connectivity index (χ3v) is 2.89. The molecule has 2 N–H and O–H groups in total. The number of carboxylic acids is 1. The van der Waals surface area contributed by atoms with Gasteiger partial charge >= 0.3 is 5.97 Å². The normalized spacial score (nSPS) is 10.6. The fourth-order valence-corrected chi connectivity index (χ4v) is 2.01. The lowest BCUT2D eigenvalue weighted by molar-refractivity contribution is -0.123. The Kier molecular flexibility index (Phi) is 4.42. The van der Waals surface area contributed by atoms with Crippen molar-refractivity contribution in [3.8, 4) is 5.75 Å². The van der Waals surface area contributed by atoms with Gasteiger partial charge in [-0.3, -0.25) is 4.79 Å². The molecular weight excluding hydrogens is 270 g/mol. The first-order valence-corrected chi connectivity index (χ1v) is 6.65. The molecule has 0 fully saturated rings. The predicted octanol–water partition coefficient (Wildman–Crippen LogP) is 2.44. The predicted molar refractivity (Wildman–Crippen MR) is 79.7 cm³/mol. The van der Waals surface area contributed by atoms with Gasteiger partial charge in [-0.15, -0.1) is 0 Å². The van der Waals surface area contributed by atoms with Crippen LogP contribution in [0.2, 0.25) is 0 Å². The SMILES string of the molecule is CC(C)NC(=O)COc1cc2ccccc2cc1C(=O)O. The average Bonchev–Trinajstić information content (AvgIpc) is 2.43. The first kappa shape index (κ1) is 14.8. The zero-order chi connectivity index (χ0) is 15.4. The van der Waals surface area contributed by atoms with Crippen LogP contribution in [0.5, 0.6) is 5.75 Å². The molecule has 5 heteroatoms. The Morgan fingerprint density at radius 1 is 1.19 bits per heavy atom. The number of carbonyl (C=O) groups is 2. The Bertz CT molecular complexity index is 679. The van der Waals surface area contributed by atoms with Crippen molar-refractivity contribution in [2.24, 2.45) is 0 Å². The average molecular weight is 287 g/mol. The molecule has 0 atom stereocenters. The van der Waals surface area contributed by atoms with Crippen molar-refractivity contribution in [2.45, 2.75) is 19.9 Å². The van der Waals surface area contributed by atoms with E-state index in [1.807, 2.05) is 38.1 Å². The number of rotatable bonds is 5. The van der Waals surface area contributed by atoms with Gasteiger partial charge in [0.2, 0.25) is 0 Å². The number of hydrogen-bond donors (Lipinski definition) is 2. The largest absolute Gasteiger partial charge is 0.483 e. The minimum absolute atomic E-state index is 0.0108. The lowest BCUT2D eigenvalue weighted by atomic mass is 10.1. The number of aromatic carboxylic acids is 1. The molecule has 1 amide bonds. The molecule has 0 saturated carbocycles. The highest BCUT2D eigenvalue weighted by Gasteiger charge is 2.14. The monoisotopic (exact) mass is 287 g/mol. The fourth-order valence-electron chi connectivity index (χ4n) is 2.01. The van der Waals surface area contributed by atoms with Gasteiger partial charge in [0.1, 0.15) is 11.3 Å². The lowest BCUT2D eigenvalue weighted by Gasteiger charge is -2.12. The van der Waals surface area contributed by atoms with Gasteiger partial charge in [-0.1, -0.05) is 24.3 Å². The molecule has 0 aliphatic carbocycles. The Morgan fingerprint density at radius 2 is 1.81 bits per heavy atom. The number of ether oxygens (including phenoxy) is 1. The van der Waals surface area contributed by atoms with Gasteiger partial charge in [0.05, 0.1) is 0 Å². The molecule has 110 valence electrons. The number of hydrogen-bond acceptors (Lipinski definition) is 3. The van der Waals surface area contributed by atoms with Crippen molar-refractivity contribution in [3.05, 3.63) is 42.0 Å². The van der Waals surface area contributed by atoms with Gasteiger partial charge in [-0.2, -0.15) is 0 Å². The number of carbonyl (C=O) groups excluding carboxylic acids is 1. The molecule has 2 rings (SSSR count). The van der Waals surface area contributed by atoms with Crippen molar-refractivity contribution < 1.29 is 19.4 Å². The van der Waals surface area contributed by atoms with Crippen LogP contribution in [0, 0.1) is 0 Å². The standard InChI is InChI=1S/C16H17NO4/c1-10(2)17-15(18)9-21-14-8-12-6-4-3-5-11(12)7-13(14)16(19)20/h3-8,10H,9H2,1-2H3,(H,17,18)(H,19,20). The number of amides is 1. The molecule has 2 aromatic carbocycles. The summed E-state index contributed by atoms with van der Waals surface area (Å²) in [7, 11) is 0. The van der Waals surface area contributed by atoms with E-state index in [0.717, 1.165) is 10.8 Å². The molecule has 0 aromatic heterocycles. The second-order valence-corrected chi connectivity index (χ2v) is 5.01. The molecule has 0 radical (unpaired) electrons. The molecule has 2 aromatic rings. The Labute approximate surface area is 122 Å². The van der Waals surface area contributed by atoms with Gasteiger partial charge < -0.3 is 15.2 Å². The zero-order valence-corrected chi connectivity index (χ0v) is 11.9. The van der Waals surface area contributed by atoms with E-state index in [1.54, 1.807) is 12.1 Å². The summed E-state index contributed by atoms with van der Waals surface area (Å²) < 4.78 is 5.38. The minimum atomic E-state index is -1.08. The van der Waals surface area contributed by atoms with E-state index in [0.29, 0.717) is 0 Å². The van der Waals surface area contributed by atoms with Crippen LogP contribution in [0.25, 0.3) is 10.8 Å². The molecule has 0 unspecified atom stereocenters. The molecule has 0 spiro atoms. The summed E-state index contributed by atoms with van der Waals surface area (Å²) in [5.41, 5.74) is 0.0473. The smallest absolute Gasteiger partial charge is 0.339 e. The maximum atomic E-state index is 11.6. The Balaban J connectivity index is 2.26. The molecule has 0 bridgehead atoms. The summed E-state index contributed by atoms with van der Waals surface area (Å²) >= 11 is 0. The van der Waals surface area contributed by atoms with Crippen LogP contribution in [0.15, 0.2) is 36.4 Å². The van der Waals surface area contributed by atoms with E-state index in [9.17, 15) is 14.7 Å². The maximum Gasteiger partial charge on any atom is 0.339 e. The van der Waals surface area contributed by atoms with E-state index in [2.05, 4.69) is 5.32 Å². The third kappa shape index (κ3) is 3.72. The van der Waals surface area contributed by atoms with E-state index in [-0.39, 0.29) is 29.9 Å². The molecule has 5 nitrogen and oxygen atoms in total. The van der Waals surface area contributed by atoms with Crippen molar-refractivity contribution in [2.75, 3.05) is 6.61 Å². The summed E-state index contributed by atoms with van der Waals surface area (Å²) in [5.74, 6) is -1.17. The summed E-state index contributed by atoms with van der Waals surface area (Å²) in [6.45, 7) is 3.48. The van der Waals surface area contributed by atoms with Crippen molar-refractivity contribution >= 4 is 22.6 Å². The quantitative estimate of drug-likeness (QED) is 0.885. The van der Waals surface area contributed by atoms with E-state index >= 15 is 0 Å². The van der Waals surface area contributed by atoms with Crippen LogP contribution in [0.3, 0.4) is 0 Å². The topological polar surface area (TPSA) is 75.6 Å². The van der Waals surface area contributed by atoms with Crippen LogP contribution < -0.4 is 10.1 Å². The second-order valence-electron chi connectivity index (χ2n) is 5.01. The van der Waals surface area contributed by atoms with Gasteiger partial charge in [0.25, 0.3) is 5.91 Å². The zero-order valence-electron chi connectivity index (χ0n) is 11.9. The first-order chi connectivity index (χ1) is 9.97. The molecule has 21 heavy (non-hydrogen) atoms. The summed E-state index contributed by atoms with van der Waals surface area (Å²) in [4.78, 5) is 22.9. The lowest BCUT2D eigenvalue weighted by Crippen LogP contribution is -2.34. The second kappa shape index (κ2) is 6.26. The molecule has 0 aliphatic heterocycles. The number of nitrogens with one attached hydrogen (secondary N) is 1. The fraction of sp³-hybridized carbons (Fsp3) is 0.250. The van der Waals surface area contributed by atoms with Gasteiger partial charge in [0, 0.05) is 6.04 Å². The highest BCUT2D eigenvalue weighted by atomic mass is 16.5. The Morgan fingerprint density at radius 3 is 2.38 bits per heavy atom. The van der Waals surface area contributed by atoms with Gasteiger partial charge in [-0.05, 0) is 36.8 Å². The highest BCUT2D eigenvalue weighted by molar-refractivity contribution is 5.97. The summed E-state index contributed by atoms with van der Waals surface area (Å²) in [6, 6.07) is 10.6. The van der Waals surface area contributed by atoms with Crippen LogP contribution in [0.4, 0.5) is 0 Å². The third-order valence-electron chi connectivity index (χ3n) is 2.89. The van der Waals surface area contributed by atoms with Crippen molar-refractivity contribution in [3.63, 3.8) is 0 Å². The van der Waals surface area contributed by atoms with Crippen molar-refractivity contribution in [1.82, 2.24) is 5.32 Å². The van der Waals surface area contributed by atoms with Crippen LogP contribution in [-0.2, 0) is 4.79 Å².